The van der Waals surface area contributed by atoms with Gasteiger partial charge in [-0.05, 0) is 51.3 Å². The van der Waals surface area contributed by atoms with Crippen LogP contribution in [0.1, 0.15) is 38.1 Å². The van der Waals surface area contributed by atoms with Crippen molar-refractivity contribution in [2.24, 2.45) is 0 Å². The Bertz CT molecular complexity index is 756. The summed E-state index contributed by atoms with van der Waals surface area (Å²) in [5, 5.41) is 0.739. The Labute approximate surface area is 151 Å². The molecule has 5 nitrogen and oxygen atoms in total. The molecule has 1 saturated heterocycles. The highest BCUT2D eigenvalue weighted by Gasteiger charge is 2.29. The number of carbonyl (C=O) groups excluding carboxylic acids is 2. The number of amides is 1. The van der Waals surface area contributed by atoms with E-state index in [9.17, 15) is 9.59 Å². The van der Waals surface area contributed by atoms with Crippen LogP contribution >= 0.6 is 11.3 Å². The monoisotopic (exact) mass is 358 g/mol. The van der Waals surface area contributed by atoms with Crippen LogP contribution in [0.3, 0.4) is 0 Å². The molecule has 132 valence electrons. The first-order valence-electron chi connectivity index (χ1n) is 8.56. The molecular formula is C19H22N2O3S. The van der Waals surface area contributed by atoms with Crippen LogP contribution in [0.2, 0.25) is 0 Å². The molecule has 0 bridgehead atoms. The van der Waals surface area contributed by atoms with E-state index >= 15 is 0 Å². The Hall–Kier alpha value is -2.21. The van der Waals surface area contributed by atoms with Crippen molar-refractivity contribution in [3.8, 4) is 0 Å². The number of carbonyl (C=O) groups is 2. The Morgan fingerprint density at radius 3 is 2.72 bits per heavy atom. The number of nitrogens with zero attached hydrogens (tertiary/aromatic N) is 2. The second-order valence-corrected chi connectivity index (χ2v) is 7.45. The summed E-state index contributed by atoms with van der Waals surface area (Å²) in [6.07, 6.45) is 6.09. The number of benzene rings is 1. The van der Waals surface area contributed by atoms with Crippen molar-refractivity contribution in [2.45, 2.75) is 45.2 Å². The quantitative estimate of drug-likeness (QED) is 0.618. The lowest BCUT2D eigenvalue weighted by atomic mass is 9.97. The van der Waals surface area contributed by atoms with Gasteiger partial charge in [0.1, 0.15) is 5.01 Å². The highest BCUT2D eigenvalue weighted by molar-refractivity contribution is 7.19. The average molecular weight is 358 g/mol. The van der Waals surface area contributed by atoms with Gasteiger partial charge in [-0.3, -0.25) is 4.79 Å². The number of hydrogen-bond donors (Lipinski definition) is 0. The first-order chi connectivity index (χ1) is 12.0. The van der Waals surface area contributed by atoms with E-state index in [4.69, 9.17) is 4.74 Å². The van der Waals surface area contributed by atoms with E-state index in [1.165, 1.54) is 17.4 Å². The lowest BCUT2D eigenvalue weighted by Gasteiger charge is -2.38. The Morgan fingerprint density at radius 1 is 1.28 bits per heavy atom. The molecule has 3 rings (SSSR count). The normalized spacial score (nSPS) is 21.0. The molecule has 1 amide bonds. The molecule has 0 aliphatic carbocycles. The number of ether oxygens (including phenoxy) is 1. The molecule has 0 radical (unpaired) electrons. The van der Waals surface area contributed by atoms with Crippen molar-refractivity contribution < 1.29 is 14.3 Å². The van der Waals surface area contributed by atoms with E-state index in [0.717, 1.165) is 34.5 Å². The van der Waals surface area contributed by atoms with Crippen molar-refractivity contribution in [2.75, 3.05) is 6.61 Å². The van der Waals surface area contributed by atoms with Gasteiger partial charge in [-0.15, -0.1) is 11.3 Å². The molecule has 2 heterocycles. The fraction of sp³-hybridized carbons (Fsp3) is 0.421. The molecule has 1 aromatic carbocycles. The number of piperidine rings is 1. The highest BCUT2D eigenvalue weighted by atomic mass is 32.1. The molecule has 1 aromatic heterocycles. The van der Waals surface area contributed by atoms with Crippen LogP contribution in [-0.4, -0.2) is 40.5 Å². The van der Waals surface area contributed by atoms with Gasteiger partial charge in [0, 0.05) is 18.2 Å². The number of hydrogen-bond acceptors (Lipinski definition) is 5. The van der Waals surface area contributed by atoms with E-state index in [1.54, 1.807) is 6.08 Å². The molecule has 25 heavy (non-hydrogen) atoms. The predicted octanol–water partition coefficient (Wildman–Crippen LogP) is 3.64. The SMILES string of the molecule is C[C@@H]1CCC[C@@H](C)N1C(=O)COC(=O)/C=C/c1nc2ccccc2s1. The van der Waals surface area contributed by atoms with Crippen molar-refractivity contribution in [1.82, 2.24) is 9.88 Å². The van der Waals surface area contributed by atoms with Crippen molar-refractivity contribution >= 4 is 39.5 Å². The number of aromatic nitrogens is 1. The maximum absolute atomic E-state index is 12.3. The topological polar surface area (TPSA) is 59.5 Å². The summed E-state index contributed by atoms with van der Waals surface area (Å²) < 4.78 is 6.18. The van der Waals surface area contributed by atoms with Crippen LogP contribution in [0.25, 0.3) is 16.3 Å². The zero-order chi connectivity index (χ0) is 17.8. The second-order valence-electron chi connectivity index (χ2n) is 6.39. The summed E-state index contributed by atoms with van der Waals surface area (Å²) in [4.78, 5) is 30.5. The summed E-state index contributed by atoms with van der Waals surface area (Å²) in [5.74, 6) is -0.647. The summed E-state index contributed by atoms with van der Waals surface area (Å²) in [6, 6.07) is 8.21. The molecule has 0 unspecified atom stereocenters. The Balaban J connectivity index is 1.54. The molecule has 0 spiro atoms. The van der Waals surface area contributed by atoms with E-state index in [2.05, 4.69) is 4.98 Å². The van der Waals surface area contributed by atoms with Crippen LogP contribution in [0, 0.1) is 0 Å². The number of thiazole rings is 1. The summed E-state index contributed by atoms with van der Waals surface area (Å²) in [6.45, 7) is 3.88. The van der Waals surface area contributed by atoms with Gasteiger partial charge in [-0.1, -0.05) is 12.1 Å². The summed E-state index contributed by atoms with van der Waals surface area (Å²) in [5.41, 5.74) is 0.906. The van der Waals surface area contributed by atoms with Gasteiger partial charge in [0.25, 0.3) is 5.91 Å². The number of likely N-dealkylation sites (tertiary alicyclic amines) is 1. The van der Waals surface area contributed by atoms with Gasteiger partial charge in [0.15, 0.2) is 6.61 Å². The minimum absolute atomic E-state index is 0.124. The third-order valence-electron chi connectivity index (χ3n) is 4.49. The van der Waals surface area contributed by atoms with Gasteiger partial charge in [-0.25, -0.2) is 9.78 Å². The van der Waals surface area contributed by atoms with Gasteiger partial charge in [-0.2, -0.15) is 0 Å². The number of para-hydroxylation sites is 1. The number of rotatable bonds is 4. The fourth-order valence-electron chi connectivity index (χ4n) is 3.27. The third kappa shape index (κ3) is 4.25. The fourth-order valence-corrected chi connectivity index (χ4v) is 4.14. The van der Waals surface area contributed by atoms with Crippen LogP contribution in [0.5, 0.6) is 0 Å². The van der Waals surface area contributed by atoms with Gasteiger partial charge in [0.2, 0.25) is 0 Å². The van der Waals surface area contributed by atoms with Crippen molar-refractivity contribution in [3.63, 3.8) is 0 Å². The molecule has 1 fully saturated rings. The molecule has 1 aliphatic rings. The Morgan fingerprint density at radius 2 is 2.00 bits per heavy atom. The minimum Gasteiger partial charge on any atom is -0.452 e. The van der Waals surface area contributed by atoms with E-state index in [1.807, 2.05) is 43.0 Å². The highest BCUT2D eigenvalue weighted by Crippen LogP contribution is 2.23. The lowest BCUT2D eigenvalue weighted by molar-refractivity contribution is -0.151. The molecule has 2 aromatic rings. The van der Waals surface area contributed by atoms with Gasteiger partial charge in [0.05, 0.1) is 10.2 Å². The second kappa shape index (κ2) is 7.78. The number of fused-ring (bicyclic) bond motifs is 1. The zero-order valence-electron chi connectivity index (χ0n) is 14.5. The molecular weight excluding hydrogens is 336 g/mol. The van der Waals surface area contributed by atoms with Crippen molar-refractivity contribution in [3.05, 3.63) is 35.3 Å². The van der Waals surface area contributed by atoms with E-state index in [0.29, 0.717) is 0 Å². The maximum atomic E-state index is 12.3. The average Bonchev–Trinajstić information content (AvgIpc) is 3.01. The molecule has 2 atom stereocenters. The maximum Gasteiger partial charge on any atom is 0.331 e. The molecule has 1 aliphatic heterocycles. The predicted molar refractivity (Wildman–Crippen MR) is 99.2 cm³/mol. The first-order valence-corrected chi connectivity index (χ1v) is 9.38. The van der Waals surface area contributed by atoms with Crippen LogP contribution in [-0.2, 0) is 14.3 Å². The lowest BCUT2D eigenvalue weighted by Crippen LogP contribution is -2.49. The smallest absolute Gasteiger partial charge is 0.331 e. The van der Waals surface area contributed by atoms with Crippen LogP contribution < -0.4 is 0 Å². The van der Waals surface area contributed by atoms with Gasteiger partial charge < -0.3 is 9.64 Å². The standard InChI is InChI=1S/C19H22N2O3S/c1-13-6-5-7-14(2)21(13)18(22)12-24-19(23)11-10-17-20-15-8-3-4-9-16(15)25-17/h3-4,8-11,13-14H,5-7,12H2,1-2H3/b11-10+/t13-,14-/m1/s1. The largest absolute Gasteiger partial charge is 0.452 e. The molecule has 0 N–H and O–H groups in total. The molecule has 6 heteroatoms. The van der Waals surface area contributed by atoms with Crippen LogP contribution in [0.4, 0.5) is 0 Å². The van der Waals surface area contributed by atoms with E-state index < -0.39 is 5.97 Å². The number of esters is 1. The Kier molecular flexibility index (Phi) is 5.48. The summed E-state index contributed by atoms with van der Waals surface area (Å²) in [7, 11) is 0. The van der Waals surface area contributed by atoms with Crippen LogP contribution in [0.15, 0.2) is 30.3 Å². The van der Waals surface area contributed by atoms with E-state index in [-0.39, 0.29) is 24.6 Å². The zero-order valence-corrected chi connectivity index (χ0v) is 15.3. The third-order valence-corrected chi connectivity index (χ3v) is 5.49. The molecule has 0 saturated carbocycles. The first kappa shape index (κ1) is 17.6. The van der Waals surface area contributed by atoms with Crippen molar-refractivity contribution in [1.29, 1.82) is 0 Å². The van der Waals surface area contributed by atoms with Gasteiger partial charge >= 0.3 is 5.97 Å². The minimum atomic E-state index is -0.523. The summed E-state index contributed by atoms with van der Waals surface area (Å²) >= 11 is 1.51.